The van der Waals surface area contributed by atoms with Crippen LogP contribution in [0.3, 0.4) is 0 Å². The minimum atomic E-state index is -1.22. The fraction of sp³-hybridized carbons (Fsp3) is 0.429. The number of carbonyl (C=O) groups excluding carboxylic acids is 2. The lowest BCUT2D eigenvalue weighted by atomic mass is 9.77. The van der Waals surface area contributed by atoms with Gasteiger partial charge in [-0.05, 0) is 29.0 Å². The normalized spacial score (nSPS) is 16.1. The number of ether oxygens (including phenoxy) is 3. The smallest absolute Gasteiger partial charge is 0.495 e. The van der Waals surface area contributed by atoms with Gasteiger partial charge in [0.1, 0.15) is 11.5 Å². The lowest BCUT2D eigenvalue weighted by Gasteiger charge is -2.24. The largest absolute Gasteiger partial charge is 0.640 e. The van der Waals surface area contributed by atoms with E-state index in [4.69, 9.17) is 23.5 Å². The predicted molar refractivity (Wildman–Crippen MR) is 88.3 cm³/mol. The van der Waals surface area contributed by atoms with Gasteiger partial charge < -0.3 is 23.5 Å². The van der Waals surface area contributed by atoms with E-state index < -0.39 is 19.1 Å². The first-order valence-electron chi connectivity index (χ1n) is 7.01. The summed E-state index contributed by atoms with van der Waals surface area (Å²) >= 11 is 3.35. The zero-order valence-corrected chi connectivity index (χ0v) is 15.1. The Morgan fingerprint density at radius 3 is 2.33 bits per heavy atom. The van der Waals surface area contributed by atoms with E-state index in [0.717, 1.165) is 0 Å². The van der Waals surface area contributed by atoms with Crippen molar-refractivity contribution < 1.29 is 33.1 Å². The van der Waals surface area contributed by atoms with Gasteiger partial charge in [0.15, 0.2) is 6.79 Å². The van der Waals surface area contributed by atoms with Crippen LogP contribution in [0.25, 0.3) is 0 Å². The zero-order chi connectivity index (χ0) is 17.7. The number of methoxy groups -OCH3 is 2. The number of nitrogens with zero attached hydrogens (tertiary/aromatic N) is 1. The second kappa shape index (κ2) is 8.36. The third-order valence-electron chi connectivity index (χ3n) is 3.15. The van der Waals surface area contributed by atoms with Crippen LogP contribution in [0.1, 0.15) is 0 Å². The third kappa shape index (κ3) is 4.62. The maximum absolute atomic E-state index is 11.9. The number of benzene rings is 1. The molecule has 0 aliphatic carbocycles. The van der Waals surface area contributed by atoms with E-state index in [1.807, 2.05) is 0 Å². The Labute approximate surface area is 148 Å². The number of rotatable bonds is 5. The van der Waals surface area contributed by atoms with Gasteiger partial charge in [0.25, 0.3) is 0 Å². The molecule has 0 amide bonds. The average Bonchev–Trinajstić information content (AvgIpc) is 2.51. The van der Waals surface area contributed by atoms with Crippen molar-refractivity contribution in [1.82, 2.24) is 4.90 Å². The van der Waals surface area contributed by atoms with Gasteiger partial charge in [0.05, 0.1) is 30.1 Å². The Balaban J connectivity index is 2.37. The molecule has 1 aliphatic rings. The first-order valence-corrected chi connectivity index (χ1v) is 7.80. The topological polar surface area (TPSA) is 83.5 Å². The van der Waals surface area contributed by atoms with Crippen molar-refractivity contribution in [2.24, 2.45) is 0 Å². The molecule has 1 heterocycles. The Bertz CT molecular complexity index is 607. The van der Waals surface area contributed by atoms with Crippen LogP contribution in [-0.2, 0) is 23.6 Å². The SMILES string of the molecule is COCOc1cc(OC)c(Br)cc1B1OC(=O)CN(C)CC(=O)O1. The van der Waals surface area contributed by atoms with Crippen LogP contribution in [0.4, 0.5) is 0 Å². The molecule has 2 rings (SSSR count). The first kappa shape index (κ1) is 18.6. The van der Waals surface area contributed by atoms with Crippen molar-refractivity contribution in [1.29, 1.82) is 0 Å². The summed E-state index contributed by atoms with van der Waals surface area (Å²) in [5.74, 6) is -0.205. The average molecular weight is 402 g/mol. The summed E-state index contributed by atoms with van der Waals surface area (Å²) in [6.07, 6.45) is 0. The van der Waals surface area contributed by atoms with Crippen LogP contribution in [0.15, 0.2) is 16.6 Å². The maximum Gasteiger partial charge on any atom is 0.640 e. The third-order valence-corrected chi connectivity index (χ3v) is 3.77. The number of hydrogen-bond donors (Lipinski definition) is 0. The van der Waals surface area contributed by atoms with E-state index in [2.05, 4.69) is 15.9 Å². The van der Waals surface area contributed by atoms with Crippen molar-refractivity contribution >= 4 is 40.4 Å². The molecular formula is C14H17BBrNO7. The molecule has 0 bridgehead atoms. The summed E-state index contributed by atoms with van der Waals surface area (Å²) in [6, 6.07) is 3.20. The highest BCUT2D eigenvalue weighted by Crippen LogP contribution is 2.28. The van der Waals surface area contributed by atoms with Gasteiger partial charge in [-0.3, -0.25) is 14.5 Å². The molecule has 0 radical (unpaired) electrons. The lowest BCUT2D eigenvalue weighted by molar-refractivity contribution is -0.145. The molecule has 1 saturated heterocycles. The molecule has 1 aromatic rings. The van der Waals surface area contributed by atoms with Gasteiger partial charge in [0, 0.05) is 13.2 Å². The van der Waals surface area contributed by atoms with Gasteiger partial charge in [-0.1, -0.05) is 0 Å². The summed E-state index contributed by atoms with van der Waals surface area (Å²) < 4.78 is 26.7. The van der Waals surface area contributed by atoms with Crippen molar-refractivity contribution in [2.75, 3.05) is 41.1 Å². The molecule has 0 N–H and O–H groups in total. The minimum absolute atomic E-state index is 0.0167. The Morgan fingerprint density at radius 2 is 1.79 bits per heavy atom. The molecule has 0 unspecified atom stereocenters. The van der Waals surface area contributed by atoms with Crippen molar-refractivity contribution in [3.63, 3.8) is 0 Å². The van der Waals surface area contributed by atoms with Gasteiger partial charge in [-0.15, -0.1) is 0 Å². The Morgan fingerprint density at radius 1 is 1.17 bits per heavy atom. The van der Waals surface area contributed by atoms with Crippen LogP contribution in [0.2, 0.25) is 0 Å². The molecule has 1 fully saturated rings. The van der Waals surface area contributed by atoms with Crippen molar-refractivity contribution in [3.8, 4) is 11.5 Å². The molecule has 130 valence electrons. The number of halogens is 1. The van der Waals surface area contributed by atoms with Crippen LogP contribution in [0.5, 0.6) is 11.5 Å². The second-order valence-electron chi connectivity index (χ2n) is 5.06. The van der Waals surface area contributed by atoms with E-state index in [-0.39, 0.29) is 19.9 Å². The molecule has 10 heteroatoms. The standard InChI is InChI=1S/C14H17BBrNO7/c1-17-6-13(18)23-15(24-14(19)7-17)9-4-10(16)12(21-3)5-11(9)22-8-20-2/h4-5H,6-8H2,1-3H3. The fourth-order valence-corrected chi connectivity index (χ4v) is 2.62. The van der Waals surface area contributed by atoms with E-state index in [1.54, 1.807) is 19.2 Å². The highest BCUT2D eigenvalue weighted by Gasteiger charge is 2.37. The molecule has 8 nitrogen and oxygen atoms in total. The van der Waals surface area contributed by atoms with Crippen LogP contribution < -0.4 is 14.9 Å². The van der Waals surface area contributed by atoms with Crippen LogP contribution >= 0.6 is 15.9 Å². The Kier molecular flexibility index (Phi) is 6.47. The highest BCUT2D eigenvalue weighted by molar-refractivity contribution is 9.10. The molecule has 1 aromatic carbocycles. The summed E-state index contributed by atoms with van der Waals surface area (Å²) in [7, 11) is 3.39. The van der Waals surface area contributed by atoms with Crippen molar-refractivity contribution in [2.45, 2.75) is 0 Å². The van der Waals surface area contributed by atoms with E-state index in [9.17, 15) is 9.59 Å². The van der Waals surface area contributed by atoms with E-state index in [1.165, 1.54) is 19.1 Å². The lowest BCUT2D eigenvalue weighted by Crippen LogP contribution is -2.48. The monoisotopic (exact) mass is 401 g/mol. The van der Waals surface area contributed by atoms with Gasteiger partial charge in [0.2, 0.25) is 0 Å². The zero-order valence-electron chi connectivity index (χ0n) is 13.5. The molecule has 0 spiro atoms. The molecule has 1 aliphatic heterocycles. The molecule has 0 aromatic heterocycles. The second-order valence-corrected chi connectivity index (χ2v) is 5.91. The van der Waals surface area contributed by atoms with E-state index in [0.29, 0.717) is 21.4 Å². The minimum Gasteiger partial charge on any atom is -0.495 e. The summed E-state index contributed by atoms with van der Waals surface area (Å²) in [5.41, 5.74) is 0.367. The van der Waals surface area contributed by atoms with Crippen LogP contribution in [-0.4, -0.2) is 65.1 Å². The maximum atomic E-state index is 11.9. The summed E-state index contributed by atoms with van der Waals surface area (Å²) in [5, 5.41) is 0. The predicted octanol–water partition coefficient (Wildman–Crippen LogP) is 0.167. The van der Waals surface area contributed by atoms with Crippen LogP contribution in [0, 0.1) is 0 Å². The number of carbonyl (C=O) groups is 2. The number of hydrogen-bond acceptors (Lipinski definition) is 8. The van der Waals surface area contributed by atoms with Gasteiger partial charge in [-0.2, -0.15) is 0 Å². The first-order chi connectivity index (χ1) is 11.4. The Hall–Kier alpha value is -1.78. The summed E-state index contributed by atoms with van der Waals surface area (Å²) in [6.45, 7) is -0.0660. The van der Waals surface area contributed by atoms with Gasteiger partial charge in [-0.25, -0.2) is 0 Å². The molecule has 24 heavy (non-hydrogen) atoms. The molecular weight excluding hydrogens is 385 g/mol. The molecule has 0 saturated carbocycles. The van der Waals surface area contributed by atoms with Crippen molar-refractivity contribution in [3.05, 3.63) is 16.6 Å². The fourth-order valence-electron chi connectivity index (χ4n) is 2.10. The quantitative estimate of drug-likeness (QED) is 0.510. The summed E-state index contributed by atoms with van der Waals surface area (Å²) in [4.78, 5) is 25.3. The highest BCUT2D eigenvalue weighted by atomic mass is 79.9. The van der Waals surface area contributed by atoms with E-state index >= 15 is 0 Å². The number of likely N-dealkylation sites (N-methyl/N-ethyl adjacent to an activating group) is 1. The van der Waals surface area contributed by atoms with Gasteiger partial charge >= 0.3 is 19.1 Å². The molecule has 0 atom stereocenters.